The van der Waals surface area contributed by atoms with Gasteiger partial charge in [0.25, 0.3) is 0 Å². The van der Waals surface area contributed by atoms with Crippen molar-refractivity contribution in [2.75, 3.05) is 6.61 Å². The largest absolute Gasteiger partial charge is 0.494 e. The Bertz CT molecular complexity index is 899. The lowest BCUT2D eigenvalue weighted by Gasteiger charge is -2.25. The minimum absolute atomic E-state index is 0.126. The second-order valence-electron chi connectivity index (χ2n) is 7.90. The molecule has 0 saturated heterocycles. The van der Waals surface area contributed by atoms with E-state index in [0.29, 0.717) is 6.61 Å². The summed E-state index contributed by atoms with van der Waals surface area (Å²) in [4.78, 5) is 0. The molecule has 3 heteroatoms. The zero-order valence-corrected chi connectivity index (χ0v) is 18.2. The number of aryl methyl sites for hydroxylation is 1. The fourth-order valence-electron chi connectivity index (χ4n) is 3.45. The third kappa shape index (κ3) is 6.27. The van der Waals surface area contributed by atoms with Crippen LogP contribution in [-0.4, -0.2) is 6.61 Å². The Hall–Kier alpha value is -2.45. The summed E-state index contributed by atoms with van der Waals surface area (Å²) in [5.74, 6) is 2.54. The summed E-state index contributed by atoms with van der Waals surface area (Å²) in [6.45, 7) is 7.23. The van der Waals surface area contributed by atoms with E-state index in [1.165, 1.54) is 11.1 Å². The quantitative estimate of drug-likeness (QED) is 0.359. The molecule has 0 heterocycles. The number of halogens is 1. The molecule has 3 aromatic carbocycles. The summed E-state index contributed by atoms with van der Waals surface area (Å²) in [7, 11) is 0. The minimum Gasteiger partial charge on any atom is -0.494 e. The molecule has 0 saturated carbocycles. The predicted molar refractivity (Wildman–Crippen MR) is 122 cm³/mol. The molecule has 0 atom stereocenters. The molecule has 0 spiro atoms. The van der Waals surface area contributed by atoms with E-state index in [9.17, 15) is 0 Å². The average molecular weight is 409 g/mol. The number of rotatable bonds is 9. The Labute approximate surface area is 179 Å². The van der Waals surface area contributed by atoms with Gasteiger partial charge in [0.2, 0.25) is 0 Å². The van der Waals surface area contributed by atoms with Crippen molar-refractivity contribution in [3.8, 4) is 17.2 Å². The topological polar surface area (TPSA) is 18.5 Å². The van der Waals surface area contributed by atoms with Crippen molar-refractivity contribution in [3.05, 3.63) is 88.9 Å². The maximum atomic E-state index is 6.02. The second kappa shape index (κ2) is 9.84. The normalized spacial score (nSPS) is 11.3. The summed E-state index contributed by atoms with van der Waals surface area (Å²) in [6, 6.07) is 24.3. The summed E-state index contributed by atoms with van der Waals surface area (Å²) >= 11 is 6.02. The molecule has 0 amide bonds. The van der Waals surface area contributed by atoms with Gasteiger partial charge in [0.1, 0.15) is 17.2 Å². The fraction of sp³-hybridized carbons (Fsp3) is 0.308. The van der Waals surface area contributed by atoms with Crippen molar-refractivity contribution in [2.24, 2.45) is 0 Å². The van der Waals surface area contributed by atoms with Gasteiger partial charge in [0.15, 0.2) is 0 Å². The number of benzene rings is 3. The molecule has 29 heavy (non-hydrogen) atoms. The third-order valence-electron chi connectivity index (χ3n) is 5.16. The van der Waals surface area contributed by atoms with Gasteiger partial charge in [0.05, 0.1) is 6.61 Å². The minimum atomic E-state index is 0.126. The first-order valence-corrected chi connectivity index (χ1v) is 10.6. The molecule has 0 aliphatic carbocycles. The number of ether oxygens (including phenoxy) is 2. The Morgan fingerprint density at radius 3 is 2.21 bits per heavy atom. The van der Waals surface area contributed by atoms with E-state index in [1.54, 1.807) is 0 Å². The summed E-state index contributed by atoms with van der Waals surface area (Å²) in [6.07, 6.45) is 3.25. The van der Waals surface area contributed by atoms with Gasteiger partial charge < -0.3 is 9.47 Å². The van der Waals surface area contributed by atoms with E-state index in [1.807, 2.05) is 49.4 Å². The smallest absolute Gasteiger partial charge is 0.127 e. The van der Waals surface area contributed by atoms with E-state index in [0.717, 1.165) is 41.5 Å². The Balaban J connectivity index is 1.56. The highest BCUT2D eigenvalue weighted by molar-refractivity contribution is 6.30. The van der Waals surface area contributed by atoms with Crippen LogP contribution in [0.4, 0.5) is 0 Å². The van der Waals surface area contributed by atoms with Crippen LogP contribution in [-0.2, 0) is 11.8 Å². The molecule has 3 aromatic rings. The zero-order chi connectivity index (χ0) is 20.7. The first-order chi connectivity index (χ1) is 14.0. The van der Waals surface area contributed by atoms with Crippen LogP contribution in [0.3, 0.4) is 0 Å². The van der Waals surface area contributed by atoms with Gasteiger partial charge in [-0.25, -0.2) is 0 Å². The van der Waals surface area contributed by atoms with Crippen LogP contribution in [0, 0.1) is 0 Å². The molecule has 0 unspecified atom stereocenters. The Kier molecular flexibility index (Phi) is 7.22. The molecule has 0 radical (unpaired) electrons. The molecule has 152 valence electrons. The predicted octanol–water partition coefficient (Wildman–Crippen LogP) is 7.83. The van der Waals surface area contributed by atoms with Crippen molar-refractivity contribution < 1.29 is 9.47 Å². The third-order valence-corrected chi connectivity index (χ3v) is 5.41. The molecule has 0 N–H and O–H groups in total. The van der Waals surface area contributed by atoms with E-state index in [-0.39, 0.29) is 5.41 Å². The van der Waals surface area contributed by atoms with Crippen LogP contribution in [0.15, 0.2) is 72.8 Å². The molecular weight excluding hydrogens is 380 g/mol. The summed E-state index contributed by atoms with van der Waals surface area (Å²) in [5.41, 5.74) is 2.75. The summed E-state index contributed by atoms with van der Waals surface area (Å²) in [5, 5.41) is 0.786. The van der Waals surface area contributed by atoms with E-state index in [4.69, 9.17) is 21.1 Å². The summed E-state index contributed by atoms with van der Waals surface area (Å²) < 4.78 is 11.5. The van der Waals surface area contributed by atoms with Crippen LogP contribution >= 0.6 is 11.6 Å². The van der Waals surface area contributed by atoms with Gasteiger partial charge in [-0.1, -0.05) is 49.7 Å². The maximum Gasteiger partial charge on any atom is 0.127 e. The van der Waals surface area contributed by atoms with Crippen molar-refractivity contribution in [2.45, 2.75) is 45.4 Å². The first kappa shape index (κ1) is 21.3. The Morgan fingerprint density at radius 2 is 1.52 bits per heavy atom. The highest BCUT2D eigenvalue weighted by atomic mass is 35.5. The standard InChI is InChI=1S/C26H29ClO2/c1-4-28-23-14-16-24(17-15-23)29-25-9-5-7-20(19-25)8-6-18-26(2,3)21-10-12-22(27)13-11-21/h5,7,9-17,19H,4,6,8,18H2,1-3H3. The van der Waals surface area contributed by atoms with E-state index < -0.39 is 0 Å². The van der Waals surface area contributed by atoms with Gasteiger partial charge in [-0.05, 0) is 91.3 Å². The van der Waals surface area contributed by atoms with Crippen LogP contribution < -0.4 is 9.47 Å². The first-order valence-electron chi connectivity index (χ1n) is 10.2. The van der Waals surface area contributed by atoms with Crippen molar-refractivity contribution >= 4 is 11.6 Å². The lowest BCUT2D eigenvalue weighted by Crippen LogP contribution is -2.17. The van der Waals surface area contributed by atoms with Crippen molar-refractivity contribution in [3.63, 3.8) is 0 Å². The van der Waals surface area contributed by atoms with Crippen LogP contribution in [0.1, 0.15) is 44.7 Å². The van der Waals surface area contributed by atoms with Crippen molar-refractivity contribution in [1.29, 1.82) is 0 Å². The fourth-order valence-corrected chi connectivity index (χ4v) is 3.58. The lowest BCUT2D eigenvalue weighted by molar-refractivity contribution is 0.339. The molecule has 2 nitrogen and oxygen atoms in total. The number of hydrogen-bond acceptors (Lipinski definition) is 2. The Morgan fingerprint density at radius 1 is 0.828 bits per heavy atom. The molecule has 0 aliphatic rings. The zero-order valence-electron chi connectivity index (χ0n) is 17.5. The van der Waals surface area contributed by atoms with Crippen LogP contribution in [0.25, 0.3) is 0 Å². The lowest BCUT2D eigenvalue weighted by atomic mass is 9.80. The van der Waals surface area contributed by atoms with Gasteiger partial charge >= 0.3 is 0 Å². The van der Waals surface area contributed by atoms with Crippen LogP contribution in [0.5, 0.6) is 17.2 Å². The molecule has 0 aliphatic heterocycles. The monoisotopic (exact) mass is 408 g/mol. The molecule has 3 rings (SSSR count). The SMILES string of the molecule is CCOc1ccc(Oc2cccc(CCCC(C)(C)c3ccc(Cl)cc3)c2)cc1. The van der Waals surface area contributed by atoms with Gasteiger partial charge in [-0.2, -0.15) is 0 Å². The van der Waals surface area contributed by atoms with E-state index >= 15 is 0 Å². The van der Waals surface area contributed by atoms with Gasteiger partial charge in [-0.3, -0.25) is 0 Å². The second-order valence-corrected chi connectivity index (χ2v) is 8.33. The number of hydrogen-bond donors (Lipinski definition) is 0. The van der Waals surface area contributed by atoms with Gasteiger partial charge in [-0.15, -0.1) is 0 Å². The van der Waals surface area contributed by atoms with Crippen molar-refractivity contribution in [1.82, 2.24) is 0 Å². The molecular formula is C26H29ClO2. The highest BCUT2D eigenvalue weighted by Crippen LogP contribution is 2.30. The molecule has 0 fully saturated rings. The van der Waals surface area contributed by atoms with Crippen LogP contribution in [0.2, 0.25) is 5.02 Å². The molecule has 0 bridgehead atoms. The highest BCUT2D eigenvalue weighted by Gasteiger charge is 2.19. The van der Waals surface area contributed by atoms with Gasteiger partial charge in [0, 0.05) is 5.02 Å². The average Bonchev–Trinajstić information content (AvgIpc) is 2.70. The maximum absolute atomic E-state index is 6.02. The van der Waals surface area contributed by atoms with E-state index in [2.05, 4.69) is 44.2 Å². The molecule has 0 aromatic heterocycles.